The zero-order chi connectivity index (χ0) is 51.3. The molecule has 76 heavy (non-hydrogen) atoms. The van der Waals surface area contributed by atoms with E-state index in [0.717, 1.165) is 122 Å². The highest BCUT2D eigenvalue weighted by Gasteiger charge is 2.26. The molecule has 6 heteroatoms. The zero-order valence-electron chi connectivity index (χ0n) is 40.8. The van der Waals surface area contributed by atoms with E-state index in [-0.39, 0.29) is 0 Å². The van der Waals surface area contributed by atoms with Crippen LogP contribution in [0, 0.1) is 35.8 Å². The first-order valence-electron chi connectivity index (χ1n) is 24.9. The lowest BCUT2D eigenvalue weighted by atomic mass is 9.85. The van der Waals surface area contributed by atoms with E-state index < -0.39 is 0 Å². The van der Waals surface area contributed by atoms with Crippen molar-refractivity contribution in [3.8, 4) is 90.5 Å². The van der Waals surface area contributed by atoms with Crippen LogP contribution in [0.4, 0.5) is 11.4 Å². The van der Waals surface area contributed by atoms with Crippen molar-refractivity contribution in [2.45, 2.75) is 0 Å². The summed E-state index contributed by atoms with van der Waals surface area (Å²) in [4.78, 5) is 7.44. The molecule has 0 fully saturated rings. The lowest BCUT2D eigenvalue weighted by Gasteiger charge is -2.21. The number of para-hydroxylation sites is 2. The van der Waals surface area contributed by atoms with Crippen molar-refractivity contribution >= 4 is 54.7 Å². The molecule has 0 N–H and O–H groups in total. The summed E-state index contributed by atoms with van der Waals surface area (Å²) in [5, 5.41) is 26.2. The van der Waals surface area contributed by atoms with E-state index in [1.54, 1.807) is 0 Å². The van der Waals surface area contributed by atoms with Crippen LogP contribution in [0.3, 0.4) is 0 Å². The van der Waals surface area contributed by atoms with Gasteiger partial charge in [-0.25, -0.2) is 9.69 Å². The molecular formula is C70H40N6. The second kappa shape index (κ2) is 18.5. The summed E-state index contributed by atoms with van der Waals surface area (Å²) in [6.07, 6.45) is 0. The molecule has 0 aliphatic rings. The number of fused-ring (bicyclic) bond motifs is 4. The Kier molecular flexibility index (Phi) is 11.0. The quantitative estimate of drug-likeness (QED) is 0.112. The Morgan fingerprint density at radius 3 is 1.04 bits per heavy atom. The van der Waals surface area contributed by atoms with Crippen molar-refractivity contribution in [1.82, 2.24) is 9.13 Å². The monoisotopic (exact) mass is 964 g/mol. The van der Waals surface area contributed by atoms with Crippen molar-refractivity contribution in [3.05, 3.63) is 277 Å². The largest absolute Gasteiger partial charge is 0.309 e. The molecule has 0 bridgehead atoms. The van der Waals surface area contributed by atoms with Crippen molar-refractivity contribution in [2.24, 2.45) is 0 Å². The van der Waals surface area contributed by atoms with Crippen LogP contribution in [0.2, 0.25) is 0 Å². The van der Waals surface area contributed by atoms with E-state index in [1.807, 2.05) is 97.1 Å². The highest BCUT2D eigenvalue weighted by Crippen LogP contribution is 2.49. The van der Waals surface area contributed by atoms with Crippen LogP contribution in [0.15, 0.2) is 243 Å². The Bertz CT molecular complexity index is 4310. The lowest BCUT2D eigenvalue weighted by molar-refractivity contribution is 1.14. The summed E-state index contributed by atoms with van der Waals surface area (Å²) in [7, 11) is 0. The van der Waals surface area contributed by atoms with Gasteiger partial charge in [0, 0.05) is 33.3 Å². The van der Waals surface area contributed by atoms with E-state index >= 15 is 0 Å². The molecule has 2 aromatic heterocycles. The highest BCUT2D eigenvalue weighted by atomic mass is 15.0. The summed E-state index contributed by atoms with van der Waals surface area (Å²) >= 11 is 0. The van der Waals surface area contributed by atoms with Gasteiger partial charge in [-0.3, -0.25) is 0 Å². The van der Waals surface area contributed by atoms with Crippen LogP contribution in [0.25, 0.3) is 131 Å². The fraction of sp³-hybridized carbons (Fsp3) is 0. The Hall–Kier alpha value is -11.0. The molecule has 0 saturated carbocycles. The van der Waals surface area contributed by atoms with Gasteiger partial charge >= 0.3 is 0 Å². The van der Waals surface area contributed by atoms with Crippen LogP contribution < -0.4 is 0 Å². The summed E-state index contributed by atoms with van der Waals surface area (Å²) in [6.45, 7) is 15.5. The standard InChI is InChI=1S/C70H40N6/c1-73-53-33-29-50(30-34-53)68-60-18-10-12-20-64(60)76(70(68)52-31-35-54(74-2)36-32-52)56-38-40-58-62(42-56)66(48-15-7-4-8-16-48)57-39-37-55(41-61(57)65(58)47-13-5-3-6-14-47)75-63-19-11-9-17-59(63)67(49-25-21-45(43-71)22-26-49)69(75)51-27-23-46(44-72)24-28-51/h3-42H. The van der Waals surface area contributed by atoms with E-state index in [2.05, 4.69) is 177 Å². The predicted molar refractivity (Wildman–Crippen MR) is 310 cm³/mol. The Labute approximate surface area is 439 Å². The minimum atomic E-state index is 0.568. The Morgan fingerprint density at radius 2 is 0.645 bits per heavy atom. The molecule has 0 radical (unpaired) electrons. The molecule has 0 aliphatic heterocycles. The number of rotatable bonds is 8. The van der Waals surface area contributed by atoms with Gasteiger partial charge in [-0.1, -0.05) is 182 Å². The van der Waals surface area contributed by atoms with Crippen LogP contribution in [-0.2, 0) is 0 Å². The molecule has 13 aromatic rings. The first-order valence-corrected chi connectivity index (χ1v) is 24.9. The number of nitrogens with zero attached hydrogens (tertiary/aromatic N) is 6. The SMILES string of the molecule is [C-]#[N+]c1ccc(-c2c(-c3ccc([N+]#[C-])cc3)n(-c3ccc4c(-c5ccccc5)c5cc(-n6c(-c7ccc(C#N)cc7)c(-c7ccc(C#N)cc7)c7ccccc76)ccc5c(-c5ccccc5)c4c3)c3ccccc23)cc1. The average molecular weight is 965 g/mol. The van der Waals surface area contributed by atoms with Gasteiger partial charge in [0.15, 0.2) is 11.4 Å². The van der Waals surface area contributed by atoms with Gasteiger partial charge < -0.3 is 9.13 Å². The fourth-order valence-corrected chi connectivity index (χ4v) is 11.3. The summed E-state index contributed by atoms with van der Waals surface area (Å²) in [5.41, 5.74) is 18.6. The van der Waals surface area contributed by atoms with E-state index in [4.69, 9.17) is 13.1 Å². The molecular weight excluding hydrogens is 925 g/mol. The van der Waals surface area contributed by atoms with Gasteiger partial charge in [-0.2, -0.15) is 10.5 Å². The van der Waals surface area contributed by atoms with Gasteiger partial charge in [0.2, 0.25) is 0 Å². The molecule has 0 saturated heterocycles. The van der Waals surface area contributed by atoms with Gasteiger partial charge in [-0.15, -0.1) is 0 Å². The van der Waals surface area contributed by atoms with Crippen molar-refractivity contribution in [3.63, 3.8) is 0 Å². The molecule has 0 amide bonds. The van der Waals surface area contributed by atoms with E-state index in [1.165, 1.54) is 0 Å². The smallest absolute Gasteiger partial charge is 0.187 e. The molecule has 11 aromatic carbocycles. The maximum absolute atomic E-state index is 9.88. The first kappa shape index (κ1) is 44.9. The predicted octanol–water partition coefficient (Wildman–Crippen LogP) is 18.7. The Balaban J connectivity index is 1.13. The van der Waals surface area contributed by atoms with Crippen LogP contribution in [-0.4, -0.2) is 9.13 Å². The molecule has 0 aliphatic carbocycles. The number of hydrogen-bond acceptors (Lipinski definition) is 2. The van der Waals surface area contributed by atoms with E-state index in [0.29, 0.717) is 22.5 Å². The van der Waals surface area contributed by atoms with Crippen LogP contribution >= 0.6 is 0 Å². The first-order chi connectivity index (χ1) is 37.5. The number of hydrogen-bond donors (Lipinski definition) is 0. The molecule has 0 atom stereocenters. The van der Waals surface area contributed by atoms with Crippen molar-refractivity contribution in [2.75, 3.05) is 0 Å². The normalized spacial score (nSPS) is 11.1. The highest BCUT2D eigenvalue weighted by molar-refractivity contribution is 6.22. The maximum Gasteiger partial charge on any atom is 0.187 e. The molecule has 0 spiro atoms. The summed E-state index contributed by atoms with van der Waals surface area (Å²) in [6, 6.07) is 87.9. The lowest BCUT2D eigenvalue weighted by Crippen LogP contribution is -2.00. The molecule has 13 rings (SSSR count). The van der Waals surface area contributed by atoms with Gasteiger partial charge in [-0.05, 0) is 127 Å². The zero-order valence-corrected chi connectivity index (χ0v) is 40.8. The summed E-state index contributed by atoms with van der Waals surface area (Å²) < 4.78 is 4.71. The third kappa shape index (κ3) is 7.39. The molecule has 6 nitrogen and oxygen atoms in total. The maximum atomic E-state index is 9.88. The molecule has 0 unspecified atom stereocenters. The third-order valence-corrected chi connectivity index (χ3v) is 14.6. The minimum Gasteiger partial charge on any atom is -0.309 e. The minimum absolute atomic E-state index is 0.568. The van der Waals surface area contributed by atoms with E-state index in [9.17, 15) is 10.5 Å². The molecule has 350 valence electrons. The number of aromatic nitrogens is 2. The van der Waals surface area contributed by atoms with Gasteiger partial charge in [0.05, 0.1) is 58.8 Å². The number of nitriles is 2. The average Bonchev–Trinajstić information content (AvgIpc) is 4.04. The van der Waals surface area contributed by atoms with Crippen molar-refractivity contribution < 1.29 is 0 Å². The Morgan fingerprint density at radius 1 is 0.303 bits per heavy atom. The van der Waals surface area contributed by atoms with Crippen LogP contribution in [0.5, 0.6) is 0 Å². The topological polar surface area (TPSA) is 66.2 Å². The second-order valence-electron chi connectivity index (χ2n) is 18.8. The second-order valence-corrected chi connectivity index (χ2v) is 18.8. The van der Waals surface area contributed by atoms with Gasteiger partial charge in [0.25, 0.3) is 0 Å². The summed E-state index contributed by atoms with van der Waals surface area (Å²) in [5.74, 6) is 0. The fourth-order valence-electron chi connectivity index (χ4n) is 11.3. The number of benzene rings is 11. The van der Waals surface area contributed by atoms with Crippen LogP contribution in [0.1, 0.15) is 11.1 Å². The third-order valence-electron chi connectivity index (χ3n) is 14.6. The molecule has 2 heterocycles. The van der Waals surface area contributed by atoms with Crippen molar-refractivity contribution in [1.29, 1.82) is 10.5 Å². The van der Waals surface area contributed by atoms with Gasteiger partial charge in [0.1, 0.15) is 0 Å².